The lowest BCUT2D eigenvalue weighted by Gasteiger charge is -2.06. The molecule has 0 aliphatic rings. The second-order valence-electron chi connectivity index (χ2n) is 4.70. The number of pyridine rings is 2. The molecule has 3 heteroatoms. The second-order valence-corrected chi connectivity index (χ2v) is 4.70. The number of hydrogen-bond donors (Lipinski definition) is 1. The van der Waals surface area contributed by atoms with Crippen molar-refractivity contribution in [3.8, 4) is 0 Å². The first-order valence-electron chi connectivity index (χ1n) is 6.28. The van der Waals surface area contributed by atoms with Crippen molar-refractivity contribution in [3.63, 3.8) is 0 Å². The van der Waals surface area contributed by atoms with Crippen molar-refractivity contribution in [1.82, 2.24) is 9.97 Å². The first-order chi connectivity index (χ1) is 9.22. The highest BCUT2D eigenvalue weighted by Gasteiger charge is 2.03. The summed E-state index contributed by atoms with van der Waals surface area (Å²) in [7, 11) is 0. The van der Waals surface area contributed by atoms with Gasteiger partial charge in [-0.15, -0.1) is 0 Å². The van der Waals surface area contributed by atoms with Crippen molar-refractivity contribution in [2.75, 3.05) is 5.73 Å². The first kappa shape index (κ1) is 11.7. The zero-order valence-electron chi connectivity index (χ0n) is 10.8. The Balaban J connectivity index is 1.98. The van der Waals surface area contributed by atoms with Crippen LogP contribution in [0, 0.1) is 6.92 Å². The monoisotopic (exact) mass is 249 g/mol. The van der Waals surface area contributed by atoms with Gasteiger partial charge >= 0.3 is 0 Å². The van der Waals surface area contributed by atoms with Crippen molar-refractivity contribution >= 4 is 16.7 Å². The largest absolute Gasteiger partial charge is 0.383 e. The molecular formula is C16H15N3. The minimum atomic E-state index is 0.602. The summed E-state index contributed by atoms with van der Waals surface area (Å²) >= 11 is 0. The van der Waals surface area contributed by atoms with Gasteiger partial charge in [0.15, 0.2) is 0 Å². The van der Waals surface area contributed by atoms with Gasteiger partial charge in [-0.25, -0.2) is 4.98 Å². The van der Waals surface area contributed by atoms with Gasteiger partial charge in [-0.3, -0.25) is 4.98 Å². The maximum Gasteiger partial charge on any atom is 0.126 e. The lowest BCUT2D eigenvalue weighted by Crippen LogP contribution is -1.98. The molecule has 2 N–H and O–H groups in total. The Morgan fingerprint density at radius 1 is 1.11 bits per heavy atom. The molecule has 1 aromatic carbocycles. The summed E-state index contributed by atoms with van der Waals surface area (Å²) in [5.74, 6) is 0.602. The van der Waals surface area contributed by atoms with E-state index >= 15 is 0 Å². The van der Waals surface area contributed by atoms with Crippen LogP contribution in [0.25, 0.3) is 10.9 Å². The summed E-state index contributed by atoms with van der Waals surface area (Å²) in [6, 6.07) is 14.4. The number of nitrogens with two attached hydrogens (primary N) is 1. The van der Waals surface area contributed by atoms with E-state index in [0.717, 1.165) is 28.6 Å². The third-order valence-electron chi connectivity index (χ3n) is 3.21. The highest BCUT2D eigenvalue weighted by molar-refractivity contribution is 5.79. The molecule has 2 heterocycles. The molecule has 3 aromatic rings. The average Bonchev–Trinajstić information content (AvgIpc) is 2.41. The van der Waals surface area contributed by atoms with Crippen LogP contribution in [0.1, 0.15) is 16.8 Å². The number of nitrogen functional groups attached to an aromatic ring is 1. The number of benzene rings is 1. The van der Waals surface area contributed by atoms with Crippen molar-refractivity contribution in [2.24, 2.45) is 0 Å². The number of nitrogens with zero attached hydrogens (tertiary/aromatic N) is 2. The zero-order chi connectivity index (χ0) is 13.2. The van der Waals surface area contributed by atoms with E-state index in [-0.39, 0.29) is 0 Å². The van der Waals surface area contributed by atoms with Crippen LogP contribution in [0.5, 0.6) is 0 Å². The van der Waals surface area contributed by atoms with E-state index in [1.54, 1.807) is 6.20 Å². The Morgan fingerprint density at radius 2 is 2.00 bits per heavy atom. The lowest BCUT2D eigenvalue weighted by molar-refractivity contribution is 1.16. The first-order valence-corrected chi connectivity index (χ1v) is 6.28. The molecule has 94 valence electrons. The van der Waals surface area contributed by atoms with Crippen molar-refractivity contribution < 1.29 is 0 Å². The van der Waals surface area contributed by atoms with Crippen LogP contribution in [0.15, 0.2) is 48.7 Å². The lowest BCUT2D eigenvalue weighted by atomic mass is 10.0. The molecule has 3 rings (SSSR count). The maximum atomic E-state index is 5.88. The van der Waals surface area contributed by atoms with E-state index in [4.69, 9.17) is 5.73 Å². The Hall–Kier alpha value is -2.42. The van der Waals surface area contributed by atoms with E-state index in [2.05, 4.69) is 34.2 Å². The number of aryl methyl sites for hydroxylation is 1. The standard InChI is InChI=1S/C16H15N3/c1-11-4-6-13-9-12(5-7-15(13)19-11)10-14-3-2-8-18-16(14)17/h2-9H,10H2,1H3,(H2,17,18). The van der Waals surface area contributed by atoms with Gasteiger partial charge in [-0.2, -0.15) is 0 Å². The Morgan fingerprint density at radius 3 is 2.84 bits per heavy atom. The average molecular weight is 249 g/mol. The van der Waals surface area contributed by atoms with Gasteiger partial charge in [0, 0.05) is 23.7 Å². The van der Waals surface area contributed by atoms with Gasteiger partial charge in [-0.05, 0) is 42.3 Å². The van der Waals surface area contributed by atoms with E-state index in [1.165, 1.54) is 5.56 Å². The topological polar surface area (TPSA) is 51.8 Å². The Labute approximate surface area is 112 Å². The van der Waals surface area contributed by atoms with Crippen LogP contribution >= 0.6 is 0 Å². The highest BCUT2D eigenvalue weighted by Crippen LogP contribution is 2.19. The van der Waals surface area contributed by atoms with Crippen LogP contribution in [0.4, 0.5) is 5.82 Å². The van der Waals surface area contributed by atoms with Gasteiger partial charge in [0.2, 0.25) is 0 Å². The Kier molecular flexibility index (Phi) is 2.88. The van der Waals surface area contributed by atoms with Gasteiger partial charge in [0.25, 0.3) is 0 Å². The number of fused-ring (bicyclic) bond motifs is 1. The quantitative estimate of drug-likeness (QED) is 0.759. The molecule has 0 saturated heterocycles. The summed E-state index contributed by atoms with van der Waals surface area (Å²) in [5.41, 5.74) is 10.2. The fourth-order valence-corrected chi connectivity index (χ4v) is 2.21. The molecule has 0 radical (unpaired) electrons. The number of anilines is 1. The molecule has 0 spiro atoms. The molecule has 0 aliphatic carbocycles. The second kappa shape index (κ2) is 4.69. The third kappa shape index (κ3) is 2.40. The summed E-state index contributed by atoms with van der Waals surface area (Å²) < 4.78 is 0. The number of hydrogen-bond acceptors (Lipinski definition) is 3. The van der Waals surface area contributed by atoms with Crippen LogP contribution < -0.4 is 5.73 Å². The zero-order valence-corrected chi connectivity index (χ0v) is 10.8. The normalized spacial score (nSPS) is 10.8. The molecule has 0 unspecified atom stereocenters. The van der Waals surface area contributed by atoms with Gasteiger partial charge in [0.1, 0.15) is 5.82 Å². The van der Waals surface area contributed by atoms with Crippen LogP contribution in [-0.2, 0) is 6.42 Å². The van der Waals surface area contributed by atoms with E-state index in [1.807, 2.05) is 25.1 Å². The van der Waals surface area contributed by atoms with Gasteiger partial charge in [-0.1, -0.05) is 18.2 Å². The molecule has 0 atom stereocenters. The number of aromatic nitrogens is 2. The van der Waals surface area contributed by atoms with E-state index in [0.29, 0.717) is 5.82 Å². The fraction of sp³-hybridized carbons (Fsp3) is 0.125. The predicted octanol–water partition coefficient (Wildman–Crippen LogP) is 3.11. The van der Waals surface area contributed by atoms with Crippen LogP contribution in [0.2, 0.25) is 0 Å². The molecule has 0 bridgehead atoms. The van der Waals surface area contributed by atoms with Crippen molar-refractivity contribution in [2.45, 2.75) is 13.3 Å². The highest BCUT2D eigenvalue weighted by atomic mass is 14.8. The van der Waals surface area contributed by atoms with Crippen molar-refractivity contribution in [1.29, 1.82) is 0 Å². The van der Waals surface area contributed by atoms with Gasteiger partial charge in [0.05, 0.1) is 5.52 Å². The molecule has 0 saturated carbocycles. The maximum absolute atomic E-state index is 5.88. The smallest absolute Gasteiger partial charge is 0.126 e. The van der Waals surface area contributed by atoms with Crippen molar-refractivity contribution in [3.05, 3.63) is 65.5 Å². The molecule has 0 aliphatic heterocycles. The van der Waals surface area contributed by atoms with E-state index in [9.17, 15) is 0 Å². The molecule has 2 aromatic heterocycles. The molecule has 0 fully saturated rings. The molecular weight excluding hydrogens is 234 g/mol. The SMILES string of the molecule is Cc1ccc2cc(Cc3cccnc3N)ccc2n1. The van der Waals surface area contributed by atoms with E-state index < -0.39 is 0 Å². The summed E-state index contributed by atoms with van der Waals surface area (Å²) in [4.78, 5) is 8.62. The Bertz CT molecular complexity index is 735. The van der Waals surface area contributed by atoms with Gasteiger partial charge < -0.3 is 5.73 Å². The third-order valence-corrected chi connectivity index (χ3v) is 3.21. The van der Waals surface area contributed by atoms with Crippen LogP contribution in [0.3, 0.4) is 0 Å². The summed E-state index contributed by atoms with van der Waals surface area (Å²) in [5, 5.41) is 1.16. The minimum Gasteiger partial charge on any atom is -0.383 e. The summed E-state index contributed by atoms with van der Waals surface area (Å²) in [6.07, 6.45) is 2.51. The summed E-state index contributed by atoms with van der Waals surface area (Å²) in [6.45, 7) is 2.00. The number of rotatable bonds is 2. The molecule has 0 amide bonds. The molecule has 19 heavy (non-hydrogen) atoms. The van der Waals surface area contributed by atoms with Crippen LogP contribution in [-0.4, -0.2) is 9.97 Å². The molecule has 3 nitrogen and oxygen atoms in total. The minimum absolute atomic E-state index is 0.602. The predicted molar refractivity (Wildman–Crippen MR) is 77.9 cm³/mol. The fourth-order valence-electron chi connectivity index (χ4n) is 2.21.